The van der Waals surface area contributed by atoms with Crippen LogP contribution in [-0.2, 0) is 21.2 Å². The first-order chi connectivity index (χ1) is 17.5. The Labute approximate surface area is 208 Å². The molecule has 182 valence electrons. The van der Waals surface area contributed by atoms with E-state index in [1.165, 1.54) is 0 Å². The van der Waals surface area contributed by atoms with Gasteiger partial charge in [0.2, 0.25) is 15.9 Å². The number of H-pyrrole nitrogens is 1. The van der Waals surface area contributed by atoms with Crippen molar-refractivity contribution in [3.05, 3.63) is 91.0 Å². The van der Waals surface area contributed by atoms with Gasteiger partial charge in [-0.3, -0.25) is 9.78 Å². The molecule has 0 aliphatic carbocycles. The molecule has 1 amide bonds. The minimum atomic E-state index is -3.71. The molecule has 3 heterocycles. The Morgan fingerprint density at radius 2 is 1.78 bits per heavy atom. The van der Waals surface area contributed by atoms with E-state index in [0.29, 0.717) is 18.2 Å². The van der Waals surface area contributed by atoms with Crippen molar-refractivity contribution < 1.29 is 13.2 Å². The van der Waals surface area contributed by atoms with E-state index in [0.717, 1.165) is 33.1 Å². The lowest BCUT2D eigenvalue weighted by atomic mass is 10.0. The number of hydrogen-bond donors (Lipinski definition) is 3. The van der Waals surface area contributed by atoms with Gasteiger partial charge in [0.05, 0.1) is 4.90 Å². The second kappa shape index (κ2) is 10.3. The summed E-state index contributed by atoms with van der Waals surface area (Å²) in [4.78, 5) is 24.0. The molecule has 8 nitrogen and oxygen atoms in total. The zero-order chi connectivity index (χ0) is 25.0. The maximum Gasteiger partial charge on any atom is 0.241 e. The topological polar surface area (TPSA) is 117 Å². The Balaban J connectivity index is 1.09. The summed E-state index contributed by atoms with van der Waals surface area (Å²) in [6.45, 7) is 0.307. The molecule has 2 aromatic carbocycles. The molecule has 0 saturated heterocycles. The molecule has 5 rings (SSSR count). The van der Waals surface area contributed by atoms with Crippen molar-refractivity contribution in [2.75, 3.05) is 13.1 Å². The van der Waals surface area contributed by atoms with E-state index in [9.17, 15) is 13.2 Å². The quantitative estimate of drug-likeness (QED) is 0.267. The third kappa shape index (κ3) is 5.27. The fourth-order valence-electron chi connectivity index (χ4n) is 4.10. The zero-order valence-corrected chi connectivity index (χ0v) is 20.3. The van der Waals surface area contributed by atoms with Gasteiger partial charge in [-0.15, -0.1) is 0 Å². The van der Waals surface area contributed by atoms with Gasteiger partial charge in [0.1, 0.15) is 5.65 Å². The van der Waals surface area contributed by atoms with E-state index in [1.807, 2.05) is 48.8 Å². The van der Waals surface area contributed by atoms with Crippen molar-refractivity contribution in [1.82, 2.24) is 25.0 Å². The normalized spacial score (nSPS) is 11.7. The minimum absolute atomic E-state index is 0.101. The number of benzene rings is 2. The Morgan fingerprint density at radius 3 is 2.64 bits per heavy atom. The van der Waals surface area contributed by atoms with Gasteiger partial charge in [-0.25, -0.2) is 18.1 Å². The van der Waals surface area contributed by atoms with Crippen molar-refractivity contribution in [2.45, 2.75) is 17.7 Å². The van der Waals surface area contributed by atoms with Crippen molar-refractivity contribution in [3.8, 4) is 11.1 Å². The minimum Gasteiger partial charge on any atom is -0.355 e. The number of aromatic nitrogens is 3. The number of carbonyl (C=O) groups is 1. The second-order valence-corrected chi connectivity index (χ2v) is 10.2. The second-order valence-electron chi connectivity index (χ2n) is 8.44. The molecule has 0 spiro atoms. The zero-order valence-electron chi connectivity index (χ0n) is 19.4. The summed E-state index contributed by atoms with van der Waals surface area (Å²) in [6, 6.07) is 18.9. The number of pyridine rings is 2. The summed E-state index contributed by atoms with van der Waals surface area (Å²) in [6.07, 6.45) is 7.81. The summed E-state index contributed by atoms with van der Waals surface area (Å²) in [5, 5.41) is 5.20. The van der Waals surface area contributed by atoms with Crippen LogP contribution in [0.4, 0.5) is 0 Å². The summed E-state index contributed by atoms with van der Waals surface area (Å²) in [7, 11) is -3.71. The fraction of sp³-hybridized carbons (Fsp3) is 0.148. The van der Waals surface area contributed by atoms with Crippen LogP contribution in [0.3, 0.4) is 0 Å². The van der Waals surface area contributed by atoms with Gasteiger partial charge in [-0.05, 0) is 41.8 Å². The average Bonchev–Trinajstić information content (AvgIpc) is 3.38. The number of nitrogens with zero attached hydrogens (tertiary/aromatic N) is 2. The van der Waals surface area contributed by atoms with Crippen LogP contribution in [0.2, 0.25) is 0 Å². The molecule has 0 aliphatic heterocycles. The Bertz CT molecular complexity index is 1620. The number of nitrogens with one attached hydrogen (secondary N) is 3. The van der Waals surface area contributed by atoms with Crippen LogP contribution < -0.4 is 10.0 Å². The van der Waals surface area contributed by atoms with E-state index in [-0.39, 0.29) is 23.9 Å². The number of sulfonamides is 1. The number of hydrogen-bond acceptors (Lipinski definition) is 5. The van der Waals surface area contributed by atoms with E-state index in [1.54, 1.807) is 30.6 Å². The molecule has 36 heavy (non-hydrogen) atoms. The Morgan fingerprint density at radius 1 is 0.917 bits per heavy atom. The highest BCUT2D eigenvalue weighted by Gasteiger charge is 2.16. The predicted molar refractivity (Wildman–Crippen MR) is 140 cm³/mol. The largest absolute Gasteiger partial charge is 0.355 e. The van der Waals surface area contributed by atoms with Gasteiger partial charge >= 0.3 is 0 Å². The smallest absolute Gasteiger partial charge is 0.241 e. The number of rotatable bonds is 9. The van der Waals surface area contributed by atoms with Crippen LogP contribution >= 0.6 is 0 Å². The number of fused-ring (bicyclic) bond motifs is 2. The third-order valence-corrected chi connectivity index (χ3v) is 7.52. The molecule has 0 atom stereocenters. The van der Waals surface area contributed by atoms with Gasteiger partial charge in [0.25, 0.3) is 0 Å². The van der Waals surface area contributed by atoms with Crippen molar-refractivity contribution in [3.63, 3.8) is 0 Å². The number of carbonyl (C=O) groups excluding carboxylic acids is 1. The van der Waals surface area contributed by atoms with Gasteiger partial charge in [-0.1, -0.05) is 36.4 Å². The van der Waals surface area contributed by atoms with E-state index in [2.05, 4.69) is 31.1 Å². The highest BCUT2D eigenvalue weighted by atomic mass is 32.2. The fourth-order valence-corrected chi connectivity index (χ4v) is 5.36. The molecular weight excluding hydrogens is 474 g/mol. The maximum absolute atomic E-state index is 12.7. The number of aryl methyl sites for hydroxylation is 1. The van der Waals surface area contributed by atoms with Crippen LogP contribution in [0.15, 0.2) is 90.3 Å². The lowest BCUT2D eigenvalue weighted by Crippen LogP contribution is -2.34. The van der Waals surface area contributed by atoms with E-state index in [4.69, 9.17) is 0 Å². The standard InChI is InChI=1S/C27H25N5O3S/c33-26(29-14-15-32-36(34,35)25-3-1-2-22-17-28-12-11-24(22)25)9-6-19-4-7-20(8-5-19)23-16-21-10-13-30-27(21)31-18-23/h1-5,7-8,10-13,16-18,32H,6,9,14-15H2,(H,29,33)(H,30,31). The van der Waals surface area contributed by atoms with Crippen LogP contribution in [0.1, 0.15) is 12.0 Å². The lowest BCUT2D eigenvalue weighted by Gasteiger charge is -2.10. The molecule has 0 fully saturated rings. The Kier molecular flexibility index (Phi) is 6.75. The van der Waals surface area contributed by atoms with Gasteiger partial charge < -0.3 is 10.3 Å². The maximum atomic E-state index is 12.7. The predicted octanol–water partition coefficient (Wildman–Crippen LogP) is 3.81. The summed E-state index contributed by atoms with van der Waals surface area (Å²) in [5.74, 6) is -0.128. The van der Waals surface area contributed by atoms with Gasteiger partial charge in [0, 0.05) is 66.0 Å². The van der Waals surface area contributed by atoms with Crippen molar-refractivity contribution in [2.24, 2.45) is 0 Å². The molecule has 0 saturated carbocycles. The first-order valence-corrected chi connectivity index (χ1v) is 13.1. The lowest BCUT2D eigenvalue weighted by molar-refractivity contribution is -0.121. The highest BCUT2D eigenvalue weighted by molar-refractivity contribution is 7.89. The van der Waals surface area contributed by atoms with Crippen LogP contribution in [0, 0.1) is 0 Å². The first-order valence-electron chi connectivity index (χ1n) is 11.6. The highest BCUT2D eigenvalue weighted by Crippen LogP contribution is 2.23. The first kappa shape index (κ1) is 23.7. The van der Waals surface area contributed by atoms with Crippen molar-refractivity contribution >= 4 is 37.7 Å². The SMILES string of the molecule is O=C(CCc1ccc(-c2cnc3[nH]ccc3c2)cc1)NCCNS(=O)(=O)c1cccc2cnccc12. The summed E-state index contributed by atoms with van der Waals surface area (Å²) in [5.41, 5.74) is 4.01. The van der Waals surface area contributed by atoms with Gasteiger partial charge in [0.15, 0.2) is 0 Å². The van der Waals surface area contributed by atoms with Crippen LogP contribution in [0.5, 0.6) is 0 Å². The molecule has 0 bridgehead atoms. The van der Waals surface area contributed by atoms with E-state index < -0.39 is 10.0 Å². The monoisotopic (exact) mass is 499 g/mol. The Hall–Kier alpha value is -4.08. The molecule has 3 N–H and O–H groups in total. The van der Waals surface area contributed by atoms with Crippen molar-refractivity contribution in [1.29, 1.82) is 0 Å². The number of aromatic amines is 1. The molecular formula is C27H25N5O3S. The molecule has 5 aromatic rings. The molecule has 0 unspecified atom stereocenters. The molecule has 9 heteroatoms. The number of amides is 1. The van der Waals surface area contributed by atoms with Gasteiger partial charge in [-0.2, -0.15) is 0 Å². The molecule has 0 radical (unpaired) electrons. The van der Waals surface area contributed by atoms with Crippen LogP contribution in [0.25, 0.3) is 32.9 Å². The summed E-state index contributed by atoms with van der Waals surface area (Å²) < 4.78 is 28.0. The molecule has 3 aromatic heterocycles. The third-order valence-electron chi connectivity index (χ3n) is 6.00. The van der Waals surface area contributed by atoms with Crippen LogP contribution in [-0.4, -0.2) is 42.4 Å². The molecule has 0 aliphatic rings. The average molecular weight is 500 g/mol. The summed E-state index contributed by atoms with van der Waals surface area (Å²) >= 11 is 0. The van der Waals surface area contributed by atoms with E-state index >= 15 is 0 Å².